The molecule has 0 bridgehead atoms. The first-order chi connectivity index (χ1) is 9.77. The van der Waals surface area contributed by atoms with Crippen LogP contribution in [-0.4, -0.2) is 51.4 Å². The summed E-state index contributed by atoms with van der Waals surface area (Å²) in [6.07, 6.45) is 1.30. The van der Waals surface area contributed by atoms with E-state index in [1.807, 2.05) is 12.1 Å². The molecule has 0 aromatic heterocycles. The molecule has 1 aromatic rings. The Bertz CT molecular complexity index is 411. The molecule has 20 heavy (non-hydrogen) atoms. The van der Waals surface area contributed by atoms with Gasteiger partial charge in [0.1, 0.15) is 5.75 Å². The molecule has 0 radical (unpaired) electrons. The van der Waals surface area contributed by atoms with E-state index in [1.165, 1.54) is 5.56 Å². The van der Waals surface area contributed by atoms with E-state index >= 15 is 0 Å². The lowest BCUT2D eigenvalue weighted by atomic mass is 9.97. The number of nitrogens with one attached hydrogen (secondary N) is 1. The standard InChI is InChI=1S/C16H26N2O2/c1-4-9-17-12-15-16(18(2)10-11-20-15)13-7-5-6-8-14(13)19-3/h5-8,15-17H,4,9-12H2,1-3H3. The monoisotopic (exact) mass is 278 g/mol. The van der Waals surface area contributed by atoms with E-state index in [2.05, 4.69) is 36.3 Å². The quantitative estimate of drug-likeness (QED) is 0.808. The third-order valence-electron chi connectivity index (χ3n) is 3.83. The molecule has 1 aliphatic heterocycles. The first-order valence-electron chi connectivity index (χ1n) is 7.43. The van der Waals surface area contributed by atoms with Gasteiger partial charge in [0.05, 0.1) is 25.9 Å². The molecule has 4 nitrogen and oxygen atoms in total. The van der Waals surface area contributed by atoms with E-state index < -0.39 is 0 Å². The number of hydrogen-bond donors (Lipinski definition) is 1. The maximum absolute atomic E-state index is 6.00. The normalized spacial score (nSPS) is 23.8. The second-order valence-electron chi connectivity index (χ2n) is 5.28. The number of likely N-dealkylation sites (N-methyl/N-ethyl adjacent to an activating group) is 1. The molecule has 1 fully saturated rings. The number of benzene rings is 1. The lowest BCUT2D eigenvalue weighted by molar-refractivity contribution is -0.0618. The highest BCUT2D eigenvalue weighted by atomic mass is 16.5. The smallest absolute Gasteiger partial charge is 0.123 e. The Morgan fingerprint density at radius 3 is 2.95 bits per heavy atom. The van der Waals surface area contributed by atoms with Gasteiger partial charge < -0.3 is 14.8 Å². The fourth-order valence-corrected chi connectivity index (χ4v) is 2.80. The van der Waals surface area contributed by atoms with Crippen molar-refractivity contribution in [2.75, 3.05) is 40.4 Å². The molecule has 1 saturated heterocycles. The lowest BCUT2D eigenvalue weighted by Crippen LogP contribution is -2.47. The van der Waals surface area contributed by atoms with E-state index in [1.54, 1.807) is 7.11 Å². The number of methoxy groups -OCH3 is 1. The molecule has 0 amide bonds. The van der Waals surface area contributed by atoms with E-state index in [4.69, 9.17) is 9.47 Å². The SMILES string of the molecule is CCCNCC1OCCN(C)C1c1ccccc1OC. The first kappa shape index (κ1) is 15.3. The fourth-order valence-electron chi connectivity index (χ4n) is 2.80. The molecule has 1 heterocycles. The average molecular weight is 278 g/mol. The van der Waals surface area contributed by atoms with Gasteiger partial charge in [-0.1, -0.05) is 25.1 Å². The summed E-state index contributed by atoms with van der Waals surface area (Å²) in [5, 5.41) is 3.47. The number of hydrogen-bond acceptors (Lipinski definition) is 4. The number of morpholine rings is 1. The van der Waals surface area contributed by atoms with Gasteiger partial charge in [-0.2, -0.15) is 0 Å². The van der Waals surface area contributed by atoms with E-state index in [0.717, 1.165) is 38.4 Å². The minimum atomic E-state index is 0.164. The molecule has 0 saturated carbocycles. The third kappa shape index (κ3) is 3.51. The van der Waals surface area contributed by atoms with Crippen molar-refractivity contribution in [3.8, 4) is 5.75 Å². The van der Waals surface area contributed by atoms with Gasteiger partial charge in [-0.25, -0.2) is 0 Å². The molecule has 1 N–H and O–H groups in total. The summed E-state index contributed by atoms with van der Waals surface area (Å²) in [7, 11) is 3.89. The number of rotatable bonds is 6. The minimum absolute atomic E-state index is 0.164. The van der Waals surface area contributed by atoms with Crippen LogP contribution in [0.4, 0.5) is 0 Å². The average Bonchev–Trinajstić information content (AvgIpc) is 2.48. The summed E-state index contributed by atoms with van der Waals surface area (Å²) in [5.41, 5.74) is 1.21. The van der Waals surface area contributed by atoms with Crippen LogP contribution in [0.15, 0.2) is 24.3 Å². The van der Waals surface area contributed by atoms with Crippen LogP contribution in [0.3, 0.4) is 0 Å². The van der Waals surface area contributed by atoms with E-state index in [-0.39, 0.29) is 12.1 Å². The van der Waals surface area contributed by atoms with Crippen molar-refractivity contribution < 1.29 is 9.47 Å². The summed E-state index contributed by atoms with van der Waals surface area (Å²) in [6, 6.07) is 8.48. The Morgan fingerprint density at radius 1 is 1.40 bits per heavy atom. The van der Waals surface area contributed by atoms with Crippen LogP contribution in [0.25, 0.3) is 0 Å². The first-order valence-corrected chi connectivity index (χ1v) is 7.43. The summed E-state index contributed by atoms with van der Waals surface area (Å²) in [5.74, 6) is 0.940. The van der Waals surface area contributed by atoms with Crippen LogP contribution in [-0.2, 0) is 4.74 Å². The maximum Gasteiger partial charge on any atom is 0.123 e. The molecular formula is C16H26N2O2. The second-order valence-corrected chi connectivity index (χ2v) is 5.28. The maximum atomic E-state index is 6.00. The molecule has 4 heteroatoms. The van der Waals surface area contributed by atoms with Crippen LogP contribution in [0.2, 0.25) is 0 Å². The van der Waals surface area contributed by atoms with Gasteiger partial charge in [-0.15, -0.1) is 0 Å². The predicted molar refractivity (Wildman–Crippen MR) is 81.3 cm³/mol. The van der Waals surface area contributed by atoms with Crippen molar-refractivity contribution in [3.63, 3.8) is 0 Å². The summed E-state index contributed by atoms with van der Waals surface area (Å²) in [6.45, 7) is 5.83. The highest BCUT2D eigenvalue weighted by molar-refractivity contribution is 5.37. The Morgan fingerprint density at radius 2 is 2.20 bits per heavy atom. The highest BCUT2D eigenvalue weighted by Crippen LogP contribution is 2.33. The van der Waals surface area contributed by atoms with Crippen molar-refractivity contribution >= 4 is 0 Å². The number of ether oxygens (including phenoxy) is 2. The number of nitrogens with zero attached hydrogens (tertiary/aromatic N) is 1. The molecule has 2 rings (SSSR count). The molecule has 112 valence electrons. The Kier molecular flexibility index (Phi) is 5.83. The minimum Gasteiger partial charge on any atom is -0.496 e. The zero-order valence-electron chi connectivity index (χ0n) is 12.8. The summed E-state index contributed by atoms with van der Waals surface area (Å²) in [4.78, 5) is 2.36. The third-order valence-corrected chi connectivity index (χ3v) is 3.83. The van der Waals surface area contributed by atoms with Gasteiger partial charge in [0, 0.05) is 18.7 Å². The predicted octanol–water partition coefficient (Wildman–Crippen LogP) is 2.07. The van der Waals surface area contributed by atoms with Crippen molar-refractivity contribution in [1.82, 2.24) is 10.2 Å². The zero-order valence-corrected chi connectivity index (χ0v) is 12.8. The molecule has 2 atom stereocenters. The van der Waals surface area contributed by atoms with E-state index in [0.29, 0.717) is 0 Å². The largest absolute Gasteiger partial charge is 0.496 e. The molecule has 2 unspecified atom stereocenters. The van der Waals surface area contributed by atoms with Gasteiger partial charge in [0.2, 0.25) is 0 Å². The van der Waals surface area contributed by atoms with Crippen molar-refractivity contribution in [2.45, 2.75) is 25.5 Å². The Hall–Kier alpha value is -1.10. The van der Waals surface area contributed by atoms with Crippen LogP contribution in [0.5, 0.6) is 5.75 Å². The van der Waals surface area contributed by atoms with Crippen LogP contribution < -0.4 is 10.1 Å². The molecule has 1 aromatic carbocycles. The molecule has 0 spiro atoms. The highest BCUT2D eigenvalue weighted by Gasteiger charge is 2.32. The number of para-hydroxylation sites is 1. The van der Waals surface area contributed by atoms with Gasteiger partial charge in [0.25, 0.3) is 0 Å². The lowest BCUT2D eigenvalue weighted by Gasteiger charge is -2.40. The Balaban J connectivity index is 2.18. The summed E-state index contributed by atoms with van der Waals surface area (Å²) >= 11 is 0. The van der Waals surface area contributed by atoms with E-state index in [9.17, 15) is 0 Å². The molecule has 1 aliphatic rings. The molecular weight excluding hydrogens is 252 g/mol. The van der Waals surface area contributed by atoms with Crippen LogP contribution >= 0.6 is 0 Å². The van der Waals surface area contributed by atoms with Crippen molar-refractivity contribution in [3.05, 3.63) is 29.8 Å². The fraction of sp³-hybridized carbons (Fsp3) is 0.625. The van der Waals surface area contributed by atoms with Gasteiger partial charge in [0.15, 0.2) is 0 Å². The van der Waals surface area contributed by atoms with Gasteiger partial charge in [-0.3, -0.25) is 4.90 Å². The second kappa shape index (κ2) is 7.62. The molecule has 0 aliphatic carbocycles. The van der Waals surface area contributed by atoms with Crippen LogP contribution in [0.1, 0.15) is 24.9 Å². The van der Waals surface area contributed by atoms with Crippen molar-refractivity contribution in [2.24, 2.45) is 0 Å². The Labute approximate surface area is 122 Å². The van der Waals surface area contributed by atoms with Crippen molar-refractivity contribution in [1.29, 1.82) is 0 Å². The zero-order chi connectivity index (χ0) is 14.4. The summed E-state index contributed by atoms with van der Waals surface area (Å²) < 4.78 is 11.5. The van der Waals surface area contributed by atoms with Gasteiger partial charge >= 0.3 is 0 Å². The van der Waals surface area contributed by atoms with Crippen LogP contribution in [0, 0.1) is 0 Å². The van der Waals surface area contributed by atoms with Gasteiger partial charge in [-0.05, 0) is 26.1 Å². The topological polar surface area (TPSA) is 33.7 Å².